The number of ether oxygens (including phenoxy) is 5. The van der Waals surface area contributed by atoms with Crippen molar-refractivity contribution in [1.82, 2.24) is 20.0 Å². The first-order chi connectivity index (χ1) is 52.8. The van der Waals surface area contributed by atoms with E-state index in [1.165, 1.54) is 51.6 Å². The number of methoxy groups -OCH3 is 1. The number of hydrogen-bond acceptors (Lipinski definition) is 22. The molecule has 4 aromatic heterocycles. The van der Waals surface area contributed by atoms with Crippen LogP contribution >= 0.6 is 91.8 Å². The van der Waals surface area contributed by atoms with Crippen LogP contribution in [0.4, 0.5) is 20.0 Å². The van der Waals surface area contributed by atoms with Crippen molar-refractivity contribution >= 4 is 153 Å². The summed E-state index contributed by atoms with van der Waals surface area (Å²) in [7, 11) is 1.33. The van der Waals surface area contributed by atoms with Gasteiger partial charge >= 0.3 is 92.9 Å². The van der Waals surface area contributed by atoms with Gasteiger partial charge in [-0.05, 0) is 117 Å². The second-order valence-electron chi connectivity index (χ2n) is 28.1. The van der Waals surface area contributed by atoms with Crippen molar-refractivity contribution in [3.05, 3.63) is 205 Å². The zero-order valence-electron chi connectivity index (χ0n) is 63.7. The maximum Gasteiger partial charge on any atom is 1.00 e. The molecular formula is C79H87Cl4KN9NaO15S4. The number of benzene rings is 4. The minimum absolute atomic E-state index is 0. The van der Waals surface area contributed by atoms with E-state index < -0.39 is 23.4 Å². The number of amides is 5. The quantitative estimate of drug-likeness (QED) is 0.0918. The zero-order chi connectivity index (χ0) is 77.9. The van der Waals surface area contributed by atoms with Crippen LogP contribution in [0.25, 0.3) is 0 Å². The fourth-order valence-corrected chi connectivity index (χ4v) is 19.4. The van der Waals surface area contributed by atoms with Gasteiger partial charge in [-0.15, -0.1) is 50.9 Å². The number of primary amides is 1. The third kappa shape index (κ3) is 23.8. The average Bonchev–Trinajstić information content (AvgIpc) is 1.67. The van der Waals surface area contributed by atoms with Gasteiger partial charge in [-0.3, -0.25) is 33.6 Å². The minimum atomic E-state index is -1.01. The average molecular weight is 1730 g/mol. The number of esters is 1. The molecule has 5 amide bonds. The number of morpholine rings is 4. The van der Waals surface area contributed by atoms with Crippen LogP contribution < -0.4 is 117 Å². The maximum absolute atomic E-state index is 13.1. The van der Waals surface area contributed by atoms with E-state index in [1.54, 1.807) is 41.9 Å². The van der Waals surface area contributed by atoms with E-state index >= 15 is 0 Å². The molecule has 0 bridgehead atoms. The van der Waals surface area contributed by atoms with Crippen LogP contribution in [0.2, 0.25) is 20.1 Å². The van der Waals surface area contributed by atoms with Gasteiger partial charge in [0.1, 0.15) is 13.1 Å². The van der Waals surface area contributed by atoms with Crippen molar-refractivity contribution in [2.45, 2.75) is 50.0 Å². The fraction of sp³-hybridized carbons (Fsp3) is 0.405. The van der Waals surface area contributed by atoms with Crippen LogP contribution in [0.1, 0.15) is 128 Å². The number of hydrogen-bond donors (Lipinski definition) is 3. The molecule has 4 aromatic carbocycles. The number of carbonyl (C=O) groups is 7. The molecule has 8 aromatic rings. The van der Waals surface area contributed by atoms with Gasteiger partial charge in [0.2, 0.25) is 5.91 Å². The van der Waals surface area contributed by atoms with Crippen LogP contribution in [-0.2, 0) is 38.1 Å². The van der Waals surface area contributed by atoms with Gasteiger partial charge in [-0.25, -0.2) is 0 Å². The van der Waals surface area contributed by atoms with Gasteiger partial charge in [0, 0.05) is 122 Å². The van der Waals surface area contributed by atoms with Crippen LogP contribution in [0.3, 0.4) is 0 Å². The summed E-state index contributed by atoms with van der Waals surface area (Å²) in [6.45, 7) is 18.5. The number of rotatable bonds is 14. The van der Waals surface area contributed by atoms with E-state index in [0.29, 0.717) is 95.5 Å². The number of nitrogens with one attached hydrogen (secondary N) is 1. The number of nitrogens with two attached hydrogens (primary N) is 1. The second-order valence-corrected chi connectivity index (χ2v) is 34.0. The molecule has 12 heterocycles. The fourth-order valence-electron chi connectivity index (χ4n) is 14.0. The van der Waals surface area contributed by atoms with Crippen molar-refractivity contribution in [3.63, 3.8) is 0 Å². The van der Waals surface area contributed by atoms with Crippen molar-refractivity contribution in [2.75, 3.05) is 178 Å². The molecular weight excluding hydrogens is 1650 g/mol. The third-order valence-corrected chi connectivity index (χ3v) is 25.2. The van der Waals surface area contributed by atoms with E-state index in [4.69, 9.17) is 75.8 Å². The van der Waals surface area contributed by atoms with E-state index in [2.05, 4.69) is 49.2 Å². The van der Waals surface area contributed by atoms with Crippen LogP contribution in [-0.4, -0.2) is 230 Å². The summed E-state index contributed by atoms with van der Waals surface area (Å²) >= 11 is 30.1. The number of thiophene rings is 4. The predicted molar refractivity (Wildman–Crippen MR) is 433 cm³/mol. The molecule has 0 spiro atoms. The minimum Gasteiger partial charge on any atom is -0.870 e. The molecule has 592 valence electrons. The Hall–Kier alpha value is -5.27. The maximum atomic E-state index is 13.1. The number of fused-ring (bicyclic) bond motifs is 4. The van der Waals surface area contributed by atoms with Gasteiger partial charge in [-0.2, -0.15) is 0 Å². The van der Waals surface area contributed by atoms with E-state index in [-0.39, 0.29) is 153 Å². The summed E-state index contributed by atoms with van der Waals surface area (Å²) in [4.78, 5) is 102. The summed E-state index contributed by atoms with van der Waals surface area (Å²) in [5, 5.41) is 29.4. The molecule has 8 aliphatic heterocycles. The molecule has 5 N–H and O–H groups in total. The Morgan fingerprint density at radius 2 is 0.735 bits per heavy atom. The molecule has 4 fully saturated rings. The van der Waals surface area contributed by atoms with Gasteiger partial charge < -0.3 is 84.7 Å². The zero-order valence-corrected chi connectivity index (χ0v) is 75.1. The second kappa shape index (κ2) is 42.4. The standard InChI is InChI=1S/C20H21ClN2O4S.C19H20ClN3O3S.C19H19ClN2O4S.C17H17ClN2O2S.C4H9O.K.Na.H2O/c1-26-18(24)12-23-11-16(13-2-4-14(21)5-3-13)15-10-17(28-19(15)20(23)25)22-6-8-27-9-7-22;20-13-3-1-12(2-4-13)15-10-23(11-16(21)24)19(25)18-14(15)9-17(27-18)22-5-7-26-8-6-22;20-13-3-1-12(2-4-13)15-10-22(11-17(23)24)19(25)18-14(15)9-16(27-18)21-5-7-26-8-6-21;18-12-3-1-11(2-4-12)14-10-19-17(21)16-13(14)9-15(23-16)20-5-7-22-8-6-20;1-4(2,3)5;;;/h2-5,10,16H,6-9,11-12H2,1H3;1-4,9,15H,5-8,10-11H2,(H2,21,24);1-4,9,15H,5-8,10-11H2,(H,23,24);1-4,9,14H,5-8,10H2,(H,19,21);1-3H3;;;1H2/q;;;;-1;2*+1;/p-1. The van der Waals surface area contributed by atoms with E-state index in [0.717, 1.165) is 134 Å². The summed E-state index contributed by atoms with van der Waals surface area (Å²) in [6, 6.07) is 39.2. The number of carbonyl (C=O) groups excluding carboxylic acids is 6. The Kier molecular flexibility index (Phi) is 34.4. The van der Waals surface area contributed by atoms with Gasteiger partial charge in [0.05, 0.1) is 106 Å². The molecule has 0 aliphatic carbocycles. The smallest absolute Gasteiger partial charge is 0.870 e. The van der Waals surface area contributed by atoms with Crippen molar-refractivity contribution in [2.24, 2.45) is 5.73 Å². The number of aliphatic carboxylic acids is 1. The van der Waals surface area contributed by atoms with Gasteiger partial charge in [0.15, 0.2) is 0 Å². The van der Waals surface area contributed by atoms with Crippen molar-refractivity contribution in [1.29, 1.82) is 0 Å². The molecule has 0 saturated carbocycles. The number of carboxylic acid groups (broad SMARTS) is 1. The normalized spacial score (nSPS) is 19.1. The Morgan fingerprint density at radius 3 is 1.01 bits per heavy atom. The first-order valence-electron chi connectivity index (χ1n) is 36.1. The summed E-state index contributed by atoms with van der Waals surface area (Å²) in [5.41, 5.74) is 13.1. The first kappa shape index (κ1) is 91.6. The van der Waals surface area contributed by atoms with Crippen LogP contribution in [0.15, 0.2) is 121 Å². The van der Waals surface area contributed by atoms with Crippen LogP contribution in [0.5, 0.6) is 0 Å². The molecule has 24 nitrogen and oxygen atoms in total. The summed E-state index contributed by atoms with van der Waals surface area (Å²) in [6.07, 6.45) is 0. The Bertz CT molecular complexity index is 4420. The Balaban J connectivity index is 0.000000168. The number of anilines is 4. The molecule has 113 heavy (non-hydrogen) atoms. The third-order valence-electron chi connectivity index (χ3n) is 19.4. The van der Waals surface area contributed by atoms with E-state index in [1.807, 2.05) is 97.1 Å². The van der Waals surface area contributed by atoms with Gasteiger partial charge in [-0.1, -0.05) is 116 Å². The number of halogens is 4. The van der Waals surface area contributed by atoms with Crippen molar-refractivity contribution < 1.29 is 154 Å². The van der Waals surface area contributed by atoms with Gasteiger partial charge in [0.25, 0.3) is 23.6 Å². The molecule has 4 atom stereocenters. The van der Waals surface area contributed by atoms with Crippen molar-refractivity contribution in [3.8, 4) is 0 Å². The number of nitrogens with zero attached hydrogens (tertiary/aromatic N) is 7. The SMILES string of the molecule is CC(C)(C)[O-].COC(=O)CN1CC(c2ccc(Cl)cc2)c2cc(N3CCOCC3)sc2C1=O.NC(=O)CN1CC(c2ccc(Cl)cc2)c2cc(N3CCOCC3)sc2C1=O.O=C(O)CN1CC(c2ccc(Cl)cc2)c2cc(N3CCOCC3)sc2C1=O.O=C1NCC(c2ccc(Cl)cc2)c2cc(N3CCOCC3)sc21.[K+].[Na+].[OH-]. The molecule has 34 heteroatoms. The van der Waals surface area contributed by atoms with E-state index in [9.17, 15) is 43.8 Å². The monoisotopic (exact) mass is 1730 g/mol. The summed E-state index contributed by atoms with van der Waals surface area (Å²) in [5.74, 6) is -2.26. The van der Waals surface area contributed by atoms with Crippen LogP contribution in [0, 0.1) is 0 Å². The molecule has 16 rings (SSSR count). The topological polar surface area (TPSA) is 300 Å². The first-order valence-corrected chi connectivity index (χ1v) is 40.9. The predicted octanol–water partition coefficient (Wildman–Crippen LogP) is 5.31. The summed E-state index contributed by atoms with van der Waals surface area (Å²) < 4.78 is 26.5. The molecule has 4 unspecified atom stereocenters. The Morgan fingerprint density at radius 1 is 0.478 bits per heavy atom. The Labute approximate surface area is 757 Å². The largest absolute Gasteiger partial charge is 1.00 e. The molecule has 4 saturated heterocycles. The number of carboxylic acids is 1. The molecule has 0 radical (unpaired) electrons. The molecule has 8 aliphatic rings.